The maximum atomic E-state index is 4.68. The molecule has 2 aromatic rings. The Hall–Kier alpha value is -1.36. The molecule has 2 heterocycles. The molecule has 21 heavy (non-hydrogen) atoms. The minimum Gasteiger partial charge on any atom is -0.364 e. The lowest BCUT2D eigenvalue weighted by Crippen LogP contribution is -2.31. The van der Waals surface area contributed by atoms with Crippen LogP contribution >= 0.6 is 11.3 Å². The topological polar surface area (TPSA) is 49.8 Å². The third kappa shape index (κ3) is 3.84. The number of nitrogens with one attached hydrogen (secondary N) is 2. The van der Waals surface area contributed by atoms with Crippen LogP contribution < -0.4 is 10.6 Å². The molecular weight excluding hydrogens is 280 g/mol. The van der Waals surface area contributed by atoms with E-state index >= 15 is 0 Å². The number of thiophene rings is 1. The molecule has 0 saturated heterocycles. The van der Waals surface area contributed by atoms with Crippen molar-refractivity contribution in [3.63, 3.8) is 0 Å². The fraction of sp³-hybridized carbons (Fsp3) is 0.625. The quantitative estimate of drug-likeness (QED) is 0.780. The number of nitrogens with zero attached hydrogens (tertiary/aromatic N) is 2. The zero-order valence-corrected chi connectivity index (χ0v) is 14.5. The highest BCUT2D eigenvalue weighted by Gasteiger charge is 2.20. The Morgan fingerprint density at radius 3 is 2.57 bits per heavy atom. The Bertz CT molecular complexity index is 604. The van der Waals surface area contributed by atoms with Crippen molar-refractivity contribution in [3.8, 4) is 0 Å². The zero-order chi connectivity index (χ0) is 15.5. The van der Waals surface area contributed by atoms with E-state index in [1.54, 1.807) is 11.3 Å². The normalized spacial score (nSPS) is 11.9. The summed E-state index contributed by atoms with van der Waals surface area (Å²) < 4.78 is 0. The van der Waals surface area contributed by atoms with Crippen molar-refractivity contribution < 1.29 is 0 Å². The second-order valence-corrected chi connectivity index (χ2v) is 7.09. The molecule has 2 aromatic heterocycles. The standard InChI is InChI=1S/C16H26N4S/c1-6-9-16(4,5)20-13-12-10-11(7-2)21-14(12)19-15(18-13)17-8-3/h10H,6-9H2,1-5H3,(H2,17,18,19,20). The summed E-state index contributed by atoms with van der Waals surface area (Å²) in [5.74, 6) is 1.66. The SMILES string of the molecule is CCCC(C)(C)Nc1nc(NCC)nc2sc(CC)cc12. The first-order chi connectivity index (χ1) is 9.99. The van der Waals surface area contributed by atoms with Gasteiger partial charge in [-0.15, -0.1) is 11.3 Å². The van der Waals surface area contributed by atoms with Gasteiger partial charge in [-0.1, -0.05) is 20.3 Å². The maximum absolute atomic E-state index is 4.68. The highest BCUT2D eigenvalue weighted by atomic mass is 32.1. The molecule has 4 nitrogen and oxygen atoms in total. The molecule has 0 radical (unpaired) electrons. The first kappa shape index (κ1) is 16.0. The van der Waals surface area contributed by atoms with Crippen LogP contribution in [0.3, 0.4) is 0 Å². The van der Waals surface area contributed by atoms with Crippen LogP contribution in [-0.2, 0) is 6.42 Å². The molecule has 5 heteroatoms. The summed E-state index contributed by atoms with van der Waals surface area (Å²) in [4.78, 5) is 11.7. The zero-order valence-electron chi connectivity index (χ0n) is 13.7. The van der Waals surface area contributed by atoms with E-state index in [0.29, 0.717) is 5.95 Å². The van der Waals surface area contributed by atoms with E-state index in [4.69, 9.17) is 0 Å². The summed E-state index contributed by atoms with van der Waals surface area (Å²) in [5, 5.41) is 7.98. The molecule has 0 atom stereocenters. The Labute approximate surface area is 131 Å². The van der Waals surface area contributed by atoms with E-state index in [1.165, 1.54) is 4.88 Å². The first-order valence-electron chi connectivity index (χ1n) is 7.81. The van der Waals surface area contributed by atoms with Crippen molar-refractivity contribution in [1.29, 1.82) is 0 Å². The van der Waals surface area contributed by atoms with Crippen LogP contribution in [0.1, 0.15) is 52.3 Å². The van der Waals surface area contributed by atoms with Gasteiger partial charge in [-0.2, -0.15) is 4.98 Å². The summed E-state index contributed by atoms with van der Waals surface area (Å²) in [6.45, 7) is 11.7. The Kier molecular flexibility index (Phi) is 5.04. The van der Waals surface area contributed by atoms with E-state index in [9.17, 15) is 0 Å². The number of fused-ring (bicyclic) bond motifs is 1. The van der Waals surface area contributed by atoms with E-state index in [-0.39, 0.29) is 5.54 Å². The van der Waals surface area contributed by atoms with Crippen molar-refractivity contribution in [3.05, 3.63) is 10.9 Å². The average molecular weight is 306 g/mol. The highest BCUT2D eigenvalue weighted by Crippen LogP contribution is 2.32. The third-order valence-corrected chi connectivity index (χ3v) is 4.63. The molecule has 0 spiro atoms. The molecule has 0 aliphatic heterocycles. The van der Waals surface area contributed by atoms with Gasteiger partial charge in [0.15, 0.2) is 0 Å². The summed E-state index contributed by atoms with van der Waals surface area (Å²) >= 11 is 1.76. The number of hydrogen-bond acceptors (Lipinski definition) is 5. The van der Waals surface area contributed by atoms with Crippen LogP contribution in [0.5, 0.6) is 0 Å². The largest absolute Gasteiger partial charge is 0.364 e. The Balaban J connectivity index is 2.45. The molecule has 0 unspecified atom stereocenters. The second kappa shape index (κ2) is 6.60. The lowest BCUT2D eigenvalue weighted by Gasteiger charge is -2.27. The molecule has 0 aliphatic carbocycles. The van der Waals surface area contributed by atoms with Crippen LogP contribution in [0.2, 0.25) is 0 Å². The average Bonchev–Trinajstić information content (AvgIpc) is 2.82. The van der Waals surface area contributed by atoms with Gasteiger partial charge in [0.1, 0.15) is 10.6 Å². The maximum Gasteiger partial charge on any atom is 0.226 e. The molecule has 2 N–H and O–H groups in total. The number of aromatic nitrogens is 2. The molecule has 2 rings (SSSR count). The molecule has 0 amide bonds. The van der Waals surface area contributed by atoms with Gasteiger partial charge in [-0.25, -0.2) is 4.98 Å². The van der Waals surface area contributed by atoms with Crippen molar-refractivity contribution in [2.75, 3.05) is 17.2 Å². The van der Waals surface area contributed by atoms with E-state index in [0.717, 1.165) is 41.8 Å². The van der Waals surface area contributed by atoms with Gasteiger partial charge < -0.3 is 10.6 Å². The van der Waals surface area contributed by atoms with E-state index in [2.05, 4.69) is 61.3 Å². The van der Waals surface area contributed by atoms with Gasteiger partial charge in [0.05, 0.1) is 5.39 Å². The van der Waals surface area contributed by atoms with E-state index in [1.807, 2.05) is 0 Å². The highest BCUT2D eigenvalue weighted by molar-refractivity contribution is 7.18. The molecule has 0 bridgehead atoms. The van der Waals surface area contributed by atoms with E-state index < -0.39 is 0 Å². The second-order valence-electron chi connectivity index (χ2n) is 5.97. The van der Waals surface area contributed by atoms with Gasteiger partial charge >= 0.3 is 0 Å². The summed E-state index contributed by atoms with van der Waals surface area (Å²) in [5.41, 5.74) is 0.0355. The van der Waals surface area contributed by atoms with Crippen molar-refractivity contribution in [1.82, 2.24) is 9.97 Å². The summed E-state index contributed by atoms with van der Waals surface area (Å²) in [7, 11) is 0. The van der Waals surface area contributed by atoms with Crippen LogP contribution in [-0.4, -0.2) is 22.1 Å². The summed E-state index contributed by atoms with van der Waals surface area (Å²) in [6.07, 6.45) is 3.30. The lowest BCUT2D eigenvalue weighted by atomic mass is 9.99. The van der Waals surface area contributed by atoms with Gasteiger partial charge in [0.2, 0.25) is 5.95 Å². The predicted molar refractivity (Wildman–Crippen MR) is 93.6 cm³/mol. The lowest BCUT2D eigenvalue weighted by molar-refractivity contribution is 0.509. The minimum atomic E-state index is 0.0355. The third-order valence-electron chi connectivity index (χ3n) is 3.46. The fourth-order valence-electron chi connectivity index (χ4n) is 2.49. The first-order valence-corrected chi connectivity index (χ1v) is 8.63. The molecule has 0 aliphatic rings. The smallest absolute Gasteiger partial charge is 0.226 e. The molecule has 0 saturated carbocycles. The molecular formula is C16H26N4S. The van der Waals surface area contributed by atoms with Gasteiger partial charge in [-0.05, 0) is 39.7 Å². The number of aryl methyl sites for hydroxylation is 1. The Morgan fingerprint density at radius 2 is 1.95 bits per heavy atom. The van der Waals surface area contributed by atoms with Gasteiger partial charge in [-0.3, -0.25) is 0 Å². The fourth-order valence-corrected chi connectivity index (χ4v) is 3.45. The van der Waals surface area contributed by atoms with Crippen molar-refractivity contribution >= 4 is 33.3 Å². The van der Waals surface area contributed by atoms with Crippen molar-refractivity contribution in [2.24, 2.45) is 0 Å². The molecule has 116 valence electrons. The van der Waals surface area contributed by atoms with Gasteiger partial charge in [0.25, 0.3) is 0 Å². The molecule has 0 aromatic carbocycles. The predicted octanol–water partition coefficient (Wildman–Crippen LogP) is 4.68. The summed E-state index contributed by atoms with van der Waals surface area (Å²) in [6, 6.07) is 2.22. The molecule has 0 fully saturated rings. The monoisotopic (exact) mass is 306 g/mol. The van der Waals surface area contributed by atoms with Crippen molar-refractivity contribution in [2.45, 2.75) is 59.4 Å². The number of rotatable bonds is 7. The van der Waals surface area contributed by atoms with Crippen LogP contribution in [0, 0.1) is 0 Å². The Morgan fingerprint density at radius 1 is 1.19 bits per heavy atom. The van der Waals surface area contributed by atoms with Crippen LogP contribution in [0.25, 0.3) is 10.2 Å². The minimum absolute atomic E-state index is 0.0355. The van der Waals surface area contributed by atoms with Crippen LogP contribution in [0.4, 0.5) is 11.8 Å². The number of hydrogen-bond donors (Lipinski definition) is 2. The van der Waals surface area contributed by atoms with Gasteiger partial charge in [0, 0.05) is 17.0 Å². The number of anilines is 2. The van der Waals surface area contributed by atoms with Crippen LogP contribution in [0.15, 0.2) is 6.07 Å².